The Bertz CT molecular complexity index is 652. The van der Waals surface area contributed by atoms with Crippen LogP contribution in [0, 0.1) is 10.1 Å². The van der Waals surface area contributed by atoms with Gasteiger partial charge in [0.05, 0.1) is 23.0 Å². The van der Waals surface area contributed by atoms with Crippen molar-refractivity contribution in [2.45, 2.75) is 0 Å². The molecule has 18 heavy (non-hydrogen) atoms. The second kappa shape index (κ2) is 4.33. The molecule has 0 fully saturated rings. The molecule has 6 heteroatoms. The van der Waals surface area contributed by atoms with Crippen LogP contribution in [0.1, 0.15) is 10.4 Å². The number of carbonyl (C=O) groups excluding carboxylic acids is 1. The average Bonchev–Trinajstić information content (AvgIpc) is 2.35. The molecule has 0 heterocycles. The Labute approximate surface area is 102 Å². The highest BCUT2D eigenvalue weighted by molar-refractivity contribution is 6.05. The number of rotatable bonds is 3. The lowest BCUT2D eigenvalue weighted by Gasteiger charge is -2.09. The molecule has 0 aromatic heterocycles. The van der Waals surface area contributed by atoms with E-state index in [1.807, 2.05) is 0 Å². The predicted molar refractivity (Wildman–Crippen MR) is 65.7 cm³/mol. The molecule has 2 aromatic carbocycles. The van der Waals surface area contributed by atoms with Gasteiger partial charge in [0.25, 0.3) is 5.91 Å². The van der Waals surface area contributed by atoms with E-state index in [0.717, 1.165) is 0 Å². The number of carbonyl (C=O) groups is 1. The van der Waals surface area contributed by atoms with Crippen molar-refractivity contribution in [3.63, 3.8) is 0 Å². The summed E-state index contributed by atoms with van der Waals surface area (Å²) in [6.45, 7) is 0. The van der Waals surface area contributed by atoms with E-state index in [4.69, 9.17) is 10.5 Å². The van der Waals surface area contributed by atoms with Gasteiger partial charge in [-0.3, -0.25) is 14.9 Å². The van der Waals surface area contributed by atoms with Gasteiger partial charge in [-0.05, 0) is 17.5 Å². The summed E-state index contributed by atoms with van der Waals surface area (Å²) in [6.07, 6.45) is 0. The van der Waals surface area contributed by atoms with E-state index >= 15 is 0 Å². The Morgan fingerprint density at radius 1 is 1.39 bits per heavy atom. The van der Waals surface area contributed by atoms with Crippen molar-refractivity contribution in [1.82, 2.24) is 0 Å². The molecule has 0 aliphatic rings. The molecule has 0 saturated carbocycles. The predicted octanol–water partition coefficient (Wildman–Crippen LogP) is 1.86. The highest BCUT2D eigenvalue weighted by Crippen LogP contribution is 2.38. The molecule has 0 aliphatic carbocycles. The second-order valence-electron chi connectivity index (χ2n) is 3.65. The van der Waals surface area contributed by atoms with Crippen molar-refractivity contribution >= 4 is 22.4 Å². The highest BCUT2D eigenvalue weighted by Gasteiger charge is 2.25. The SMILES string of the molecule is COc1c(C(N)=O)cc2ccccc2c1[N+](=O)[O-]. The Hall–Kier alpha value is -2.63. The van der Waals surface area contributed by atoms with Gasteiger partial charge < -0.3 is 10.5 Å². The number of primary amides is 1. The molecular formula is C12H10N2O4. The van der Waals surface area contributed by atoms with Crippen molar-refractivity contribution < 1.29 is 14.5 Å². The number of benzene rings is 2. The normalized spacial score (nSPS) is 10.3. The standard InChI is InChI=1S/C12H10N2O4/c1-18-11-9(12(13)15)6-7-4-2-3-5-8(7)10(11)14(16)17/h2-6H,1H3,(H2,13,15). The zero-order chi connectivity index (χ0) is 13.3. The summed E-state index contributed by atoms with van der Waals surface area (Å²) >= 11 is 0. The Balaban J connectivity index is 2.96. The van der Waals surface area contributed by atoms with Gasteiger partial charge in [-0.1, -0.05) is 18.2 Å². The van der Waals surface area contributed by atoms with Crippen LogP contribution in [0.25, 0.3) is 10.8 Å². The Morgan fingerprint density at radius 2 is 2.06 bits per heavy atom. The molecule has 2 rings (SSSR count). The van der Waals surface area contributed by atoms with Crippen LogP contribution in [0.5, 0.6) is 5.75 Å². The molecule has 2 N–H and O–H groups in total. The van der Waals surface area contributed by atoms with Crippen LogP contribution in [0.4, 0.5) is 5.69 Å². The van der Waals surface area contributed by atoms with Gasteiger partial charge in [-0.25, -0.2) is 0 Å². The number of hydrogen-bond donors (Lipinski definition) is 1. The average molecular weight is 246 g/mol. The molecule has 6 nitrogen and oxygen atoms in total. The van der Waals surface area contributed by atoms with Crippen molar-refractivity contribution in [3.8, 4) is 5.75 Å². The van der Waals surface area contributed by atoms with Crippen molar-refractivity contribution in [2.75, 3.05) is 7.11 Å². The smallest absolute Gasteiger partial charge is 0.319 e. The van der Waals surface area contributed by atoms with E-state index in [0.29, 0.717) is 10.8 Å². The van der Waals surface area contributed by atoms with Gasteiger partial charge in [-0.15, -0.1) is 0 Å². The van der Waals surface area contributed by atoms with Crippen LogP contribution in [0.15, 0.2) is 30.3 Å². The van der Waals surface area contributed by atoms with E-state index in [1.165, 1.54) is 13.2 Å². The summed E-state index contributed by atoms with van der Waals surface area (Å²) in [7, 11) is 1.27. The zero-order valence-corrected chi connectivity index (χ0v) is 9.54. The van der Waals surface area contributed by atoms with Gasteiger partial charge in [0.2, 0.25) is 5.75 Å². The van der Waals surface area contributed by atoms with E-state index in [-0.39, 0.29) is 17.0 Å². The molecule has 0 aliphatic heterocycles. The molecule has 2 aromatic rings. The van der Waals surface area contributed by atoms with Crippen molar-refractivity contribution in [1.29, 1.82) is 0 Å². The molecule has 0 unspecified atom stereocenters. The number of nitrogens with zero attached hydrogens (tertiary/aromatic N) is 1. The summed E-state index contributed by atoms with van der Waals surface area (Å²) in [4.78, 5) is 21.9. The van der Waals surface area contributed by atoms with Crippen LogP contribution in [0.3, 0.4) is 0 Å². The first-order valence-electron chi connectivity index (χ1n) is 5.10. The minimum absolute atomic E-state index is 0.00269. The maximum absolute atomic E-state index is 11.3. The number of fused-ring (bicyclic) bond motifs is 1. The number of hydrogen-bond acceptors (Lipinski definition) is 4. The second-order valence-corrected chi connectivity index (χ2v) is 3.65. The Morgan fingerprint density at radius 3 is 2.61 bits per heavy atom. The lowest BCUT2D eigenvalue weighted by Crippen LogP contribution is -2.13. The van der Waals surface area contributed by atoms with Crippen molar-refractivity contribution in [3.05, 3.63) is 46.0 Å². The summed E-state index contributed by atoms with van der Waals surface area (Å²) in [5.74, 6) is -0.869. The monoisotopic (exact) mass is 246 g/mol. The van der Waals surface area contributed by atoms with E-state index in [2.05, 4.69) is 0 Å². The number of ether oxygens (including phenoxy) is 1. The highest BCUT2D eigenvalue weighted by atomic mass is 16.6. The maximum atomic E-state index is 11.3. The molecule has 92 valence electrons. The first-order chi connectivity index (χ1) is 8.56. The van der Waals surface area contributed by atoms with Crippen LogP contribution < -0.4 is 10.5 Å². The molecule has 1 amide bonds. The number of amides is 1. The number of nitro benzene ring substituents is 1. The maximum Gasteiger partial charge on any atom is 0.319 e. The molecule has 0 bridgehead atoms. The number of nitrogens with two attached hydrogens (primary N) is 1. The van der Waals surface area contributed by atoms with E-state index in [9.17, 15) is 14.9 Å². The van der Waals surface area contributed by atoms with Gasteiger partial charge in [0.1, 0.15) is 0 Å². The molecule has 0 spiro atoms. The minimum Gasteiger partial charge on any atom is -0.490 e. The third kappa shape index (κ3) is 1.73. The first-order valence-corrected chi connectivity index (χ1v) is 5.10. The third-order valence-corrected chi connectivity index (χ3v) is 2.63. The summed E-state index contributed by atoms with van der Waals surface area (Å²) in [5, 5.41) is 12.1. The van der Waals surface area contributed by atoms with Crippen molar-refractivity contribution in [2.24, 2.45) is 5.73 Å². The summed E-state index contributed by atoms with van der Waals surface area (Å²) in [6, 6.07) is 8.17. The van der Waals surface area contributed by atoms with Gasteiger partial charge in [0, 0.05) is 0 Å². The topological polar surface area (TPSA) is 95.5 Å². The number of nitro groups is 1. The first kappa shape index (κ1) is 11.8. The van der Waals surface area contributed by atoms with E-state index in [1.54, 1.807) is 24.3 Å². The third-order valence-electron chi connectivity index (χ3n) is 2.63. The lowest BCUT2D eigenvalue weighted by atomic mass is 10.0. The summed E-state index contributed by atoms with van der Waals surface area (Å²) < 4.78 is 4.96. The fourth-order valence-electron chi connectivity index (χ4n) is 1.88. The quantitative estimate of drug-likeness (QED) is 0.660. The minimum atomic E-state index is -0.763. The van der Waals surface area contributed by atoms with Gasteiger partial charge in [-0.2, -0.15) is 0 Å². The zero-order valence-electron chi connectivity index (χ0n) is 9.54. The van der Waals surface area contributed by atoms with Crippen LogP contribution >= 0.6 is 0 Å². The van der Waals surface area contributed by atoms with E-state index < -0.39 is 10.8 Å². The van der Waals surface area contributed by atoms with Gasteiger partial charge in [0.15, 0.2) is 0 Å². The Kier molecular flexibility index (Phi) is 2.85. The molecule has 0 atom stereocenters. The summed E-state index contributed by atoms with van der Waals surface area (Å²) in [5.41, 5.74) is 4.97. The lowest BCUT2D eigenvalue weighted by molar-refractivity contribution is -0.384. The largest absolute Gasteiger partial charge is 0.490 e. The molecular weight excluding hydrogens is 236 g/mol. The van der Waals surface area contributed by atoms with Crippen LogP contribution in [0.2, 0.25) is 0 Å². The molecule has 0 saturated heterocycles. The van der Waals surface area contributed by atoms with Crippen LogP contribution in [-0.4, -0.2) is 17.9 Å². The van der Waals surface area contributed by atoms with Crippen LogP contribution in [-0.2, 0) is 0 Å². The fourth-order valence-corrected chi connectivity index (χ4v) is 1.88. The van der Waals surface area contributed by atoms with Gasteiger partial charge >= 0.3 is 5.69 Å². The number of methoxy groups -OCH3 is 1. The molecule has 0 radical (unpaired) electrons. The fraction of sp³-hybridized carbons (Fsp3) is 0.0833.